The van der Waals surface area contributed by atoms with Crippen molar-refractivity contribution in [1.29, 1.82) is 0 Å². The van der Waals surface area contributed by atoms with Crippen LogP contribution in [0.25, 0.3) is 99.3 Å². The minimum absolute atomic E-state index is 0.636. The summed E-state index contributed by atoms with van der Waals surface area (Å²) in [5.74, 6) is 1.92. The van der Waals surface area contributed by atoms with Gasteiger partial charge in [0.25, 0.3) is 0 Å². The zero-order chi connectivity index (χ0) is 33.0. The molecule has 4 nitrogen and oxygen atoms in total. The molecule has 4 heteroatoms. The maximum absolute atomic E-state index is 5.10. The van der Waals surface area contributed by atoms with Crippen LogP contribution < -0.4 is 0 Å². The zero-order valence-corrected chi connectivity index (χ0v) is 27.0. The van der Waals surface area contributed by atoms with Gasteiger partial charge in [0, 0.05) is 28.3 Å². The van der Waals surface area contributed by atoms with Gasteiger partial charge >= 0.3 is 0 Å². The highest BCUT2D eigenvalue weighted by Crippen LogP contribution is 2.32. The Balaban J connectivity index is 1.11. The third kappa shape index (κ3) is 5.02. The van der Waals surface area contributed by atoms with E-state index in [2.05, 4.69) is 163 Å². The molecule has 232 valence electrons. The van der Waals surface area contributed by atoms with Gasteiger partial charge in [-0.2, -0.15) is 0 Å². The molecule has 0 N–H and O–H groups in total. The van der Waals surface area contributed by atoms with Gasteiger partial charge < -0.3 is 0 Å². The summed E-state index contributed by atoms with van der Waals surface area (Å²) in [5.41, 5.74) is 6.08. The van der Waals surface area contributed by atoms with E-state index in [1.54, 1.807) is 0 Å². The number of benzene rings is 8. The normalized spacial score (nSPS) is 11.6. The molecule has 10 rings (SSSR count). The van der Waals surface area contributed by atoms with Crippen molar-refractivity contribution >= 4 is 54.0 Å². The van der Waals surface area contributed by atoms with E-state index in [0.717, 1.165) is 49.5 Å². The summed E-state index contributed by atoms with van der Waals surface area (Å²) in [4.78, 5) is 19.7. The van der Waals surface area contributed by atoms with Crippen LogP contribution in [0.5, 0.6) is 0 Å². The van der Waals surface area contributed by atoms with E-state index in [4.69, 9.17) is 15.0 Å². The standard InChI is InChI=1S/C46H28N4/c1-3-8-33-25-41-27-39(17-15-36(41)22-31(33)6-1)45-48-44(30-13-11-29(12-14-30)35-19-20-43-38(24-35)10-5-21-47-43)49-46(50-45)40-18-16-37-23-32-7-2-4-9-34(32)26-42(37)28-40/h1-28H. The molecular formula is C46H28N4. The van der Waals surface area contributed by atoms with Gasteiger partial charge in [-0.15, -0.1) is 0 Å². The lowest BCUT2D eigenvalue weighted by molar-refractivity contribution is 1.08. The fourth-order valence-corrected chi connectivity index (χ4v) is 6.99. The van der Waals surface area contributed by atoms with Gasteiger partial charge in [-0.05, 0) is 109 Å². The lowest BCUT2D eigenvalue weighted by Crippen LogP contribution is -2.00. The highest BCUT2D eigenvalue weighted by molar-refractivity contribution is 6.01. The molecular weight excluding hydrogens is 609 g/mol. The Labute approximate surface area is 288 Å². The van der Waals surface area contributed by atoms with Crippen LogP contribution in [0.4, 0.5) is 0 Å². The zero-order valence-electron chi connectivity index (χ0n) is 27.0. The Morgan fingerprint density at radius 2 is 0.660 bits per heavy atom. The highest BCUT2D eigenvalue weighted by atomic mass is 15.0. The number of fused-ring (bicyclic) bond motifs is 5. The first-order valence-corrected chi connectivity index (χ1v) is 16.8. The SMILES string of the molecule is c1ccc2cc3cc(-c4nc(-c5ccc(-c6ccc7ncccc7c6)cc5)nc(-c5ccc6cc7ccccc7cc6c5)n4)ccc3cc2c1. The first kappa shape index (κ1) is 28.3. The molecule has 0 aliphatic carbocycles. The van der Waals surface area contributed by atoms with Crippen LogP contribution >= 0.6 is 0 Å². The summed E-state index contributed by atoms with van der Waals surface area (Å²) in [6.07, 6.45) is 1.83. The van der Waals surface area contributed by atoms with Crippen molar-refractivity contribution < 1.29 is 0 Å². The van der Waals surface area contributed by atoms with Crippen LogP contribution in [-0.2, 0) is 0 Å². The van der Waals surface area contributed by atoms with Crippen LogP contribution in [0.3, 0.4) is 0 Å². The summed E-state index contributed by atoms with van der Waals surface area (Å²) in [7, 11) is 0. The fraction of sp³-hybridized carbons (Fsp3) is 0. The molecule has 0 spiro atoms. The average molecular weight is 637 g/mol. The van der Waals surface area contributed by atoms with Crippen molar-refractivity contribution in [2.24, 2.45) is 0 Å². The second-order valence-electron chi connectivity index (χ2n) is 12.8. The third-order valence-electron chi connectivity index (χ3n) is 9.64. The van der Waals surface area contributed by atoms with E-state index >= 15 is 0 Å². The number of nitrogens with zero attached hydrogens (tertiary/aromatic N) is 4. The minimum atomic E-state index is 0.636. The molecule has 0 radical (unpaired) electrons. The second kappa shape index (κ2) is 11.4. The molecule has 0 atom stereocenters. The lowest BCUT2D eigenvalue weighted by Gasteiger charge is -2.11. The Kier molecular flexibility index (Phi) is 6.46. The summed E-state index contributed by atoms with van der Waals surface area (Å²) >= 11 is 0. The highest BCUT2D eigenvalue weighted by Gasteiger charge is 2.14. The summed E-state index contributed by atoms with van der Waals surface area (Å²) in [5, 5.41) is 10.7. The van der Waals surface area contributed by atoms with Gasteiger partial charge in [-0.25, -0.2) is 15.0 Å². The summed E-state index contributed by atoms with van der Waals surface area (Å²) in [6.45, 7) is 0. The molecule has 10 aromatic rings. The summed E-state index contributed by atoms with van der Waals surface area (Å²) < 4.78 is 0. The monoisotopic (exact) mass is 636 g/mol. The van der Waals surface area contributed by atoms with Crippen molar-refractivity contribution in [3.8, 4) is 45.3 Å². The molecule has 50 heavy (non-hydrogen) atoms. The molecule has 8 aromatic carbocycles. The van der Waals surface area contributed by atoms with Crippen LogP contribution in [0.15, 0.2) is 170 Å². The number of hydrogen-bond acceptors (Lipinski definition) is 4. The topological polar surface area (TPSA) is 51.6 Å². The van der Waals surface area contributed by atoms with E-state index < -0.39 is 0 Å². The molecule has 0 aliphatic heterocycles. The van der Waals surface area contributed by atoms with Gasteiger partial charge in [-0.3, -0.25) is 4.98 Å². The molecule has 0 aliphatic rings. The Morgan fingerprint density at radius 1 is 0.260 bits per heavy atom. The van der Waals surface area contributed by atoms with Crippen LogP contribution in [-0.4, -0.2) is 19.9 Å². The van der Waals surface area contributed by atoms with Gasteiger partial charge in [-0.1, -0.05) is 109 Å². The molecule has 0 saturated carbocycles. The second-order valence-corrected chi connectivity index (χ2v) is 12.8. The molecule has 0 amide bonds. The maximum atomic E-state index is 5.10. The predicted octanol–water partition coefficient (Wildman–Crippen LogP) is 11.7. The Hall–Kier alpha value is -6.78. The smallest absolute Gasteiger partial charge is 0.164 e. The van der Waals surface area contributed by atoms with E-state index in [1.807, 2.05) is 12.3 Å². The van der Waals surface area contributed by atoms with Crippen LogP contribution in [0.1, 0.15) is 0 Å². The average Bonchev–Trinajstić information content (AvgIpc) is 3.18. The number of aromatic nitrogens is 4. The Morgan fingerprint density at radius 3 is 1.22 bits per heavy atom. The largest absolute Gasteiger partial charge is 0.256 e. The quantitative estimate of drug-likeness (QED) is 0.180. The molecule has 0 bridgehead atoms. The molecule has 2 aromatic heterocycles. The first-order valence-electron chi connectivity index (χ1n) is 16.8. The number of hydrogen-bond donors (Lipinski definition) is 0. The number of rotatable bonds is 4. The first-order chi connectivity index (χ1) is 24.7. The molecule has 0 saturated heterocycles. The van der Waals surface area contributed by atoms with E-state index in [0.29, 0.717) is 17.5 Å². The van der Waals surface area contributed by atoms with E-state index in [9.17, 15) is 0 Å². The van der Waals surface area contributed by atoms with Crippen molar-refractivity contribution in [3.63, 3.8) is 0 Å². The van der Waals surface area contributed by atoms with Crippen LogP contribution in [0, 0.1) is 0 Å². The van der Waals surface area contributed by atoms with Crippen molar-refractivity contribution in [1.82, 2.24) is 19.9 Å². The predicted molar refractivity (Wildman–Crippen MR) is 207 cm³/mol. The maximum Gasteiger partial charge on any atom is 0.164 e. The van der Waals surface area contributed by atoms with Gasteiger partial charge in [0.2, 0.25) is 0 Å². The van der Waals surface area contributed by atoms with E-state index in [1.165, 1.54) is 32.3 Å². The van der Waals surface area contributed by atoms with Crippen molar-refractivity contribution in [2.75, 3.05) is 0 Å². The van der Waals surface area contributed by atoms with E-state index in [-0.39, 0.29) is 0 Å². The minimum Gasteiger partial charge on any atom is -0.256 e. The third-order valence-corrected chi connectivity index (χ3v) is 9.64. The van der Waals surface area contributed by atoms with Crippen molar-refractivity contribution in [3.05, 3.63) is 170 Å². The molecule has 0 unspecified atom stereocenters. The molecule has 2 heterocycles. The lowest BCUT2D eigenvalue weighted by atomic mass is 10.0. The van der Waals surface area contributed by atoms with Gasteiger partial charge in [0.15, 0.2) is 17.5 Å². The van der Waals surface area contributed by atoms with Gasteiger partial charge in [0.1, 0.15) is 0 Å². The molecule has 0 fully saturated rings. The fourth-order valence-electron chi connectivity index (χ4n) is 6.99. The summed E-state index contributed by atoms with van der Waals surface area (Å²) in [6, 6.07) is 57.8. The number of pyridine rings is 1. The van der Waals surface area contributed by atoms with Crippen LogP contribution in [0.2, 0.25) is 0 Å². The van der Waals surface area contributed by atoms with Gasteiger partial charge in [0.05, 0.1) is 5.52 Å². The Bertz CT molecular complexity index is 2790. The van der Waals surface area contributed by atoms with Crippen molar-refractivity contribution in [2.45, 2.75) is 0 Å².